The topological polar surface area (TPSA) is 190 Å². The van der Waals surface area contributed by atoms with Crippen LogP contribution in [0.4, 0.5) is 4.79 Å². The predicted octanol–water partition coefficient (Wildman–Crippen LogP) is 3.02. The maximum absolute atomic E-state index is 13.5. The van der Waals surface area contributed by atoms with Gasteiger partial charge in [0.15, 0.2) is 0 Å². The van der Waals surface area contributed by atoms with Crippen LogP contribution in [0, 0.1) is 17.7 Å². The van der Waals surface area contributed by atoms with Crippen LogP contribution < -0.4 is 15.4 Å². The average Bonchev–Trinajstić information content (AvgIpc) is 3.44. The first kappa shape index (κ1) is 37.1. The molecule has 13 nitrogen and oxygen atoms in total. The number of aromatic nitrogens is 1. The third-order valence-electron chi connectivity index (χ3n) is 8.42. The summed E-state index contributed by atoms with van der Waals surface area (Å²) in [6.45, 7) is 2.91. The SMILES string of the molecule is Cc1nc(CN(C)C(=O)N[C@H](C(=O)N[C@@H](Cc2ccccc2)[C@H](O)CNS(=O)(=O)c2ccc(CN=O)cc2CC2CCC2)[C@@H](C)O)cs1. The van der Waals surface area contributed by atoms with E-state index in [0.717, 1.165) is 29.8 Å². The summed E-state index contributed by atoms with van der Waals surface area (Å²) in [5.74, 6) is -0.394. The van der Waals surface area contributed by atoms with Crippen LogP contribution in [0.1, 0.15) is 53.6 Å². The Balaban J connectivity index is 1.48. The number of nitrogens with one attached hydrogen (secondary N) is 3. The van der Waals surface area contributed by atoms with Gasteiger partial charge in [-0.05, 0) is 55.4 Å². The van der Waals surface area contributed by atoms with Gasteiger partial charge in [0.2, 0.25) is 15.9 Å². The number of hydrogen-bond donors (Lipinski definition) is 5. The first-order chi connectivity index (χ1) is 22.9. The average molecular weight is 701 g/mol. The van der Waals surface area contributed by atoms with Crippen LogP contribution >= 0.6 is 11.3 Å². The number of benzene rings is 2. The summed E-state index contributed by atoms with van der Waals surface area (Å²) in [6.07, 6.45) is 1.09. The molecule has 260 valence electrons. The number of carbonyl (C=O) groups excluding carboxylic acids is 2. The zero-order chi connectivity index (χ0) is 34.8. The summed E-state index contributed by atoms with van der Waals surface area (Å²) >= 11 is 1.45. The number of aliphatic hydroxyl groups excluding tert-OH is 2. The van der Waals surface area contributed by atoms with Gasteiger partial charge in [0.25, 0.3) is 0 Å². The molecule has 4 rings (SSSR count). The number of nitroso groups, excluding NO2 is 1. The molecule has 0 bridgehead atoms. The van der Waals surface area contributed by atoms with Gasteiger partial charge in [0.1, 0.15) is 12.6 Å². The first-order valence-electron chi connectivity index (χ1n) is 15.9. The molecule has 4 atom stereocenters. The minimum Gasteiger partial charge on any atom is -0.391 e. The van der Waals surface area contributed by atoms with Gasteiger partial charge >= 0.3 is 6.03 Å². The highest BCUT2D eigenvalue weighted by Gasteiger charge is 2.32. The third-order valence-corrected chi connectivity index (χ3v) is 10.8. The van der Waals surface area contributed by atoms with Crippen molar-refractivity contribution in [1.29, 1.82) is 0 Å². The fourth-order valence-corrected chi connectivity index (χ4v) is 7.40. The highest BCUT2D eigenvalue weighted by Crippen LogP contribution is 2.32. The van der Waals surface area contributed by atoms with Crippen molar-refractivity contribution in [2.75, 3.05) is 13.6 Å². The van der Waals surface area contributed by atoms with Crippen molar-refractivity contribution in [2.45, 2.75) is 88.2 Å². The second-order valence-corrected chi connectivity index (χ2v) is 15.1. The molecule has 1 aliphatic rings. The number of carbonyl (C=O) groups is 2. The minimum atomic E-state index is -4.10. The molecular formula is C33H44N6O7S2. The van der Waals surface area contributed by atoms with Crippen molar-refractivity contribution >= 4 is 33.3 Å². The lowest BCUT2D eigenvalue weighted by molar-refractivity contribution is -0.126. The normalized spacial score (nSPS) is 15.9. The van der Waals surface area contributed by atoms with Crippen LogP contribution in [-0.4, -0.2) is 78.3 Å². The highest BCUT2D eigenvalue weighted by molar-refractivity contribution is 7.89. The fraction of sp³-hybridized carbons (Fsp3) is 0.485. The number of urea groups is 1. The minimum absolute atomic E-state index is 0.0636. The molecule has 1 saturated carbocycles. The molecule has 1 aromatic heterocycles. The number of rotatable bonds is 17. The Bertz CT molecular complexity index is 1650. The quantitative estimate of drug-likeness (QED) is 0.133. The second kappa shape index (κ2) is 17.1. The van der Waals surface area contributed by atoms with E-state index in [4.69, 9.17) is 0 Å². The predicted molar refractivity (Wildman–Crippen MR) is 183 cm³/mol. The zero-order valence-corrected chi connectivity index (χ0v) is 29.0. The largest absolute Gasteiger partial charge is 0.391 e. The molecule has 3 aromatic rings. The van der Waals surface area contributed by atoms with E-state index in [0.29, 0.717) is 29.2 Å². The molecular weight excluding hydrogens is 657 g/mol. The first-order valence-corrected chi connectivity index (χ1v) is 18.3. The number of aliphatic hydroxyl groups is 2. The standard InChI is InChI=1S/C33H44N6O7S2/c1-21(40)31(38-33(43)39(3)19-27-20-47-22(2)36-27)32(42)37-28(16-24-8-5-4-6-9-24)29(41)18-35-48(45,46)30-13-12-25(17-34-44)15-26(30)14-23-10-7-11-23/h4-6,8-9,12-13,15,20-21,23,28-29,31,35,40-41H,7,10-11,14,16-19H2,1-3H3,(H,37,42)(H,38,43)/t21-,28+,29-,31+/m1/s1. The summed E-state index contributed by atoms with van der Waals surface area (Å²) in [7, 11) is -2.56. The van der Waals surface area contributed by atoms with Gasteiger partial charge in [-0.2, -0.15) is 4.91 Å². The zero-order valence-electron chi connectivity index (χ0n) is 27.3. The summed E-state index contributed by atoms with van der Waals surface area (Å²) in [5, 5.41) is 32.7. The molecule has 0 aliphatic heterocycles. The Morgan fingerprint density at radius 1 is 1.10 bits per heavy atom. The summed E-state index contributed by atoms with van der Waals surface area (Å²) in [6, 6.07) is 10.8. The molecule has 1 heterocycles. The van der Waals surface area contributed by atoms with Crippen molar-refractivity contribution in [3.8, 4) is 0 Å². The van der Waals surface area contributed by atoms with Crippen LogP contribution in [0.25, 0.3) is 0 Å². The van der Waals surface area contributed by atoms with Crippen molar-refractivity contribution in [3.05, 3.63) is 86.2 Å². The molecule has 2 aromatic carbocycles. The van der Waals surface area contributed by atoms with E-state index < -0.39 is 52.8 Å². The number of nitrogens with zero attached hydrogens (tertiary/aromatic N) is 3. The Kier molecular flexibility index (Phi) is 13.2. The number of amides is 3. The molecule has 3 amide bonds. The van der Waals surface area contributed by atoms with Crippen molar-refractivity contribution in [3.63, 3.8) is 0 Å². The Morgan fingerprint density at radius 2 is 1.83 bits per heavy atom. The Hall–Kier alpha value is -3.76. The second-order valence-electron chi connectivity index (χ2n) is 12.3. The van der Waals surface area contributed by atoms with Crippen LogP contribution in [0.15, 0.2) is 64.0 Å². The lowest BCUT2D eigenvalue weighted by Gasteiger charge is -2.29. The highest BCUT2D eigenvalue weighted by atomic mass is 32.2. The van der Waals surface area contributed by atoms with Gasteiger partial charge in [-0.15, -0.1) is 11.3 Å². The molecule has 0 spiro atoms. The van der Waals surface area contributed by atoms with Gasteiger partial charge in [-0.1, -0.05) is 66.9 Å². The molecule has 48 heavy (non-hydrogen) atoms. The third kappa shape index (κ3) is 10.4. The molecule has 0 saturated heterocycles. The smallest absolute Gasteiger partial charge is 0.318 e. The molecule has 0 radical (unpaired) electrons. The Morgan fingerprint density at radius 3 is 2.44 bits per heavy atom. The maximum Gasteiger partial charge on any atom is 0.318 e. The number of thiazole rings is 1. The summed E-state index contributed by atoms with van der Waals surface area (Å²) in [4.78, 5) is 43.1. The lowest BCUT2D eigenvalue weighted by Crippen LogP contribution is -2.59. The maximum atomic E-state index is 13.5. The molecule has 15 heteroatoms. The molecule has 0 unspecified atom stereocenters. The van der Waals surface area contributed by atoms with E-state index in [-0.39, 0.29) is 24.4 Å². The fourth-order valence-electron chi connectivity index (χ4n) is 5.52. The van der Waals surface area contributed by atoms with Crippen molar-refractivity contribution in [1.82, 2.24) is 25.2 Å². The van der Waals surface area contributed by atoms with Crippen LogP contribution in [-0.2, 0) is 40.7 Å². The summed E-state index contributed by atoms with van der Waals surface area (Å²) in [5.41, 5.74) is 2.66. The lowest BCUT2D eigenvalue weighted by atomic mass is 9.81. The van der Waals surface area contributed by atoms with Crippen molar-refractivity contribution in [2.24, 2.45) is 11.1 Å². The number of aryl methyl sites for hydroxylation is 1. The van der Waals surface area contributed by atoms with Gasteiger partial charge < -0.3 is 25.7 Å². The number of hydrogen-bond acceptors (Lipinski definition) is 10. The van der Waals surface area contributed by atoms with Crippen LogP contribution in [0.5, 0.6) is 0 Å². The van der Waals surface area contributed by atoms with Crippen LogP contribution in [0.2, 0.25) is 0 Å². The van der Waals surface area contributed by atoms with Crippen molar-refractivity contribution < 1.29 is 28.2 Å². The Labute approximate surface area is 285 Å². The monoisotopic (exact) mass is 700 g/mol. The van der Waals surface area contributed by atoms with E-state index in [9.17, 15) is 33.1 Å². The molecule has 1 fully saturated rings. The van der Waals surface area contributed by atoms with Gasteiger partial charge in [0, 0.05) is 19.0 Å². The van der Waals surface area contributed by atoms with E-state index in [2.05, 4.69) is 25.5 Å². The van der Waals surface area contributed by atoms with E-state index in [1.54, 1.807) is 31.3 Å². The van der Waals surface area contributed by atoms with Gasteiger partial charge in [0.05, 0.1) is 40.4 Å². The van der Waals surface area contributed by atoms with Crippen LogP contribution in [0.3, 0.4) is 0 Å². The van der Waals surface area contributed by atoms with E-state index in [1.807, 2.05) is 30.5 Å². The number of sulfonamides is 1. The van der Waals surface area contributed by atoms with E-state index >= 15 is 0 Å². The van der Waals surface area contributed by atoms with Gasteiger partial charge in [-0.3, -0.25) is 4.79 Å². The summed E-state index contributed by atoms with van der Waals surface area (Å²) < 4.78 is 29.6. The molecule has 1 aliphatic carbocycles. The molecule has 5 N–H and O–H groups in total. The van der Waals surface area contributed by atoms with E-state index in [1.165, 1.54) is 29.2 Å². The van der Waals surface area contributed by atoms with Gasteiger partial charge in [-0.25, -0.2) is 22.9 Å².